The van der Waals surface area contributed by atoms with Crippen LogP contribution in [0.2, 0.25) is 0 Å². The zero-order valence-electron chi connectivity index (χ0n) is 14.8. The van der Waals surface area contributed by atoms with Crippen molar-refractivity contribution in [1.82, 2.24) is 19.7 Å². The molecule has 0 spiro atoms. The summed E-state index contributed by atoms with van der Waals surface area (Å²) < 4.78 is 1.71. The molecule has 25 heavy (non-hydrogen) atoms. The molecule has 128 valence electrons. The molecule has 2 aromatic carbocycles. The van der Waals surface area contributed by atoms with Gasteiger partial charge in [0.25, 0.3) is 5.91 Å². The van der Waals surface area contributed by atoms with E-state index in [-0.39, 0.29) is 11.9 Å². The number of benzene rings is 2. The maximum absolute atomic E-state index is 12.7. The summed E-state index contributed by atoms with van der Waals surface area (Å²) in [5.41, 5.74) is 3.96. The van der Waals surface area contributed by atoms with Crippen LogP contribution in [0.15, 0.2) is 61.2 Å². The highest BCUT2D eigenvalue weighted by molar-refractivity contribution is 5.94. The maximum atomic E-state index is 12.7. The van der Waals surface area contributed by atoms with Crippen molar-refractivity contribution in [2.45, 2.75) is 26.3 Å². The third-order valence-electron chi connectivity index (χ3n) is 4.57. The van der Waals surface area contributed by atoms with Crippen LogP contribution in [0.1, 0.15) is 41.4 Å². The van der Waals surface area contributed by atoms with Crippen molar-refractivity contribution in [3.63, 3.8) is 0 Å². The molecule has 0 N–H and O–H groups in total. The van der Waals surface area contributed by atoms with Crippen molar-refractivity contribution in [3.05, 3.63) is 77.9 Å². The van der Waals surface area contributed by atoms with E-state index in [4.69, 9.17) is 0 Å². The first-order valence-electron chi connectivity index (χ1n) is 8.41. The third kappa shape index (κ3) is 3.60. The van der Waals surface area contributed by atoms with Crippen molar-refractivity contribution < 1.29 is 4.79 Å². The van der Waals surface area contributed by atoms with Crippen LogP contribution in [0, 0.1) is 0 Å². The molecule has 5 nitrogen and oxygen atoms in total. The Labute approximate surface area is 147 Å². The van der Waals surface area contributed by atoms with Gasteiger partial charge in [-0.25, -0.2) is 9.67 Å². The lowest BCUT2D eigenvalue weighted by molar-refractivity contribution is 0.0742. The van der Waals surface area contributed by atoms with Gasteiger partial charge in [0.1, 0.15) is 12.7 Å². The number of aromatic nitrogens is 3. The summed E-state index contributed by atoms with van der Waals surface area (Å²) in [6, 6.07) is 15.8. The lowest BCUT2D eigenvalue weighted by atomic mass is 10.0. The summed E-state index contributed by atoms with van der Waals surface area (Å²) in [6.07, 6.45) is 4.14. The second-order valence-corrected chi connectivity index (χ2v) is 6.07. The zero-order chi connectivity index (χ0) is 17.8. The average molecular weight is 334 g/mol. The molecule has 3 aromatic rings. The molecule has 0 bridgehead atoms. The van der Waals surface area contributed by atoms with Gasteiger partial charge in [-0.2, -0.15) is 5.10 Å². The van der Waals surface area contributed by atoms with Gasteiger partial charge >= 0.3 is 0 Å². The van der Waals surface area contributed by atoms with Crippen LogP contribution in [0.5, 0.6) is 0 Å². The van der Waals surface area contributed by atoms with E-state index in [9.17, 15) is 4.79 Å². The standard InChI is InChI=1S/C20H22N4O/c1-4-16-5-7-18(8-6-16)20(25)23(3)15(2)17-9-11-19(12-10-17)24-14-21-13-22-24/h5-15H,4H2,1-3H3. The monoisotopic (exact) mass is 334 g/mol. The fraction of sp³-hybridized carbons (Fsp3) is 0.250. The van der Waals surface area contributed by atoms with Crippen molar-refractivity contribution in [2.24, 2.45) is 0 Å². The molecule has 0 radical (unpaired) electrons. The SMILES string of the molecule is CCc1ccc(C(=O)N(C)C(C)c2ccc(-n3cncn3)cc2)cc1. The Morgan fingerprint density at radius 2 is 1.80 bits per heavy atom. The Morgan fingerprint density at radius 1 is 1.12 bits per heavy atom. The third-order valence-corrected chi connectivity index (χ3v) is 4.57. The van der Waals surface area contributed by atoms with Gasteiger partial charge in [0, 0.05) is 12.6 Å². The number of rotatable bonds is 5. The molecular weight excluding hydrogens is 312 g/mol. The highest BCUT2D eigenvalue weighted by atomic mass is 16.2. The first-order valence-corrected chi connectivity index (χ1v) is 8.41. The molecule has 1 unspecified atom stereocenters. The van der Waals surface area contributed by atoms with E-state index >= 15 is 0 Å². The van der Waals surface area contributed by atoms with Gasteiger partial charge in [0.15, 0.2) is 0 Å². The Balaban J connectivity index is 1.74. The lowest BCUT2D eigenvalue weighted by Gasteiger charge is -2.25. The van der Waals surface area contributed by atoms with E-state index in [1.54, 1.807) is 15.9 Å². The zero-order valence-corrected chi connectivity index (χ0v) is 14.8. The van der Waals surface area contributed by atoms with Gasteiger partial charge in [-0.05, 0) is 48.7 Å². The average Bonchev–Trinajstić information content (AvgIpc) is 3.21. The lowest BCUT2D eigenvalue weighted by Crippen LogP contribution is -2.29. The van der Waals surface area contributed by atoms with Crippen molar-refractivity contribution in [3.8, 4) is 5.69 Å². The van der Waals surface area contributed by atoms with Gasteiger partial charge in [-0.15, -0.1) is 0 Å². The molecule has 1 aromatic heterocycles. The molecule has 0 saturated carbocycles. The first-order chi connectivity index (χ1) is 12.1. The van der Waals surface area contributed by atoms with Crippen LogP contribution in [0.4, 0.5) is 0 Å². The molecular formula is C20H22N4O. The highest BCUT2D eigenvalue weighted by Gasteiger charge is 2.19. The predicted molar refractivity (Wildman–Crippen MR) is 97.7 cm³/mol. The maximum Gasteiger partial charge on any atom is 0.254 e. The topological polar surface area (TPSA) is 51.0 Å². The van der Waals surface area contributed by atoms with E-state index in [1.165, 1.54) is 11.9 Å². The molecule has 1 amide bonds. The Kier molecular flexibility index (Phi) is 4.93. The van der Waals surface area contributed by atoms with E-state index in [0.717, 1.165) is 17.7 Å². The Morgan fingerprint density at radius 3 is 2.36 bits per heavy atom. The van der Waals surface area contributed by atoms with Crippen LogP contribution in [-0.2, 0) is 6.42 Å². The van der Waals surface area contributed by atoms with Crippen LogP contribution in [-0.4, -0.2) is 32.6 Å². The highest BCUT2D eigenvalue weighted by Crippen LogP contribution is 2.22. The van der Waals surface area contributed by atoms with Gasteiger partial charge in [0.05, 0.1) is 11.7 Å². The summed E-state index contributed by atoms with van der Waals surface area (Å²) in [5, 5.41) is 4.12. The smallest absolute Gasteiger partial charge is 0.254 e. The van der Waals surface area contributed by atoms with Crippen LogP contribution in [0.3, 0.4) is 0 Å². The number of hydrogen-bond acceptors (Lipinski definition) is 3. The Hall–Kier alpha value is -2.95. The van der Waals surface area contributed by atoms with Crippen LogP contribution >= 0.6 is 0 Å². The van der Waals surface area contributed by atoms with E-state index in [1.807, 2.05) is 62.5 Å². The summed E-state index contributed by atoms with van der Waals surface area (Å²) >= 11 is 0. The summed E-state index contributed by atoms with van der Waals surface area (Å²) in [6.45, 7) is 4.14. The van der Waals surface area contributed by atoms with Gasteiger partial charge in [0.2, 0.25) is 0 Å². The fourth-order valence-electron chi connectivity index (χ4n) is 2.73. The van der Waals surface area contributed by atoms with E-state index in [0.29, 0.717) is 5.56 Å². The number of carbonyl (C=O) groups excluding carboxylic acids is 1. The summed E-state index contributed by atoms with van der Waals surface area (Å²) in [7, 11) is 1.84. The van der Waals surface area contributed by atoms with Gasteiger partial charge in [-0.3, -0.25) is 4.79 Å². The molecule has 1 atom stereocenters. The van der Waals surface area contributed by atoms with Crippen LogP contribution in [0.25, 0.3) is 5.69 Å². The second-order valence-electron chi connectivity index (χ2n) is 6.07. The van der Waals surface area contributed by atoms with Crippen LogP contribution < -0.4 is 0 Å². The number of carbonyl (C=O) groups is 1. The Bertz CT molecular complexity index is 823. The molecule has 0 aliphatic rings. The van der Waals surface area contributed by atoms with E-state index < -0.39 is 0 Å². The molecule has 0 aliphatic carbocycles. The van der Waals surface area contributed by atoms with Gasteiger partial charge < -0.3 is 4.90 Å². The quantitative estimate of drug-likeness (QED) is 0.715. The van der Waals surface area contributed by atoms with Crippen molar-refractivity contribution >= 4 is 5.91 Å². The molecule has 3 rings (SSSR count). The van der Waals surface area contributed by atoms with E-state index in [2.05, 4.69) is 17.0 Å². The molecule has 0 fully saturated rings. The number of amides is 1. The minimum absolute atomic E-state index is 0.0236. The number of hydrogen-bond donors (Lipinski definition) is 0. The number of nitrogens with zero attached hydrogens (tertiary/aromatic N) is 4. The second kappa shape index (κ2) is 7.30. The largest absolute Gasteiger partial charge is 0.335 e. The summed E-state index contributed by atoms with van der Waals surface area (Å²) in [4.78, 5) is 18.4. The minimum atomic E-state index is -0.0249. The van der Waals surface area contributed by atoms with Gasteiger partial charge in [-0.1, -0.05) is 31.2 Å². The molecule has 1 heterocycles. The summed E-state index contributed by atoms with van der Waals surface area (Å²) in [5.74, 6) is 0.0236. The van der Waals surface area contributed by atoms with Crippen molar-refractivity contribution in [2.75, 3.05) is 7.05 Å². The first kappa shape index (κ1) is 16.9. The number of aryl methyl sites for hydroxylation is 1. The fourth-order valence-corrected chi connectivity index (χ4v) is 2.73. The predicted octanol–water partition coefficient (Wildman–Crippen LogP) is 3.66. The molecule has 0 saturated heterocycles. The van der Waals surface area contributed by atoms with Crippen molar-refractivity contribution in [1.29, 1.82) is 0 Å². The molecule has 0 aliphatic heterocycles. The normalized spacial score (nSPS) is 12.0. The molecule has 5 heteroatoms. The minimum Gasteiger partial charge on any atom is -0.335 e.